The Kier molecular flexibility index (Phi) is 5.19. The average molecular weight is 498 g/mol. The maximum Gasteiger partial charge on any atom is 0.312 e. The number of rotatable bonds is 4. The summed E-state index contributed by atoms with van der Waals surface area (Å²) in [6, 6.07) is 14.5. The lowest BCUT2D eigenvalue weighted by Gasteiger charge is -2.27. The Morgan fingerprint density at radius 2 is 1.76 bits per heavy atom. The third-order valence-corrected chi connectivity index (χ3v) is 6.90. The number of esters is 1. The number of benzene rings is 3. The Morgan fingerprint density at radius 3 is 2.49 bits per heavy atom. The molecule has 0 fully saturated rings. The van der Waals surface area contributed by atoms with Gasteiger partial charge in [0, 0.05) is 41.2 Å². The number of nitrogens with zero attached hydrogens (tertiary/aromatic N) is 1. The molecule has 0 saturated heterocycles. The van der Waals surface area contributed by atoms with E-state index >= 15 is 0 Å². The molecule has 8 nitrogen and oxygen atoms in total. The van der Waals surface area contributed by atoms with E-state index in [9.17, 15) is 14.7 Å². The molecule has 0 bridgehead atoms. The second-order valence-corrected chi connectivity index (χ2v) is 9.01. The van der Waals surface area contributed by atoms with Gasteiger partial charge in [-0.2, -0.15) is 0 Å². The number of methoxy groups -OCH3 is 2. The third kappa shape index (κ3) is 3.52. The van der Waals surface area contributed by atoms with Crippen molar-refractivity contribution in [2.24, 2.45) is 7.05 Å². The van der Waals surface area contributed by atoms with Crippen LogP contribution in [0.15, 0.2) is 60.5 Å². The fourth-order valence-electron chi connectivity index (χ4n) is 5.14. The van der Waals surface area contributed by atoms with E-state index in [1.54, 1.807) is 30.3 Å². The quantitative estimate of drug-likeness (QED) is 0.242. The molecule has 3 aromatic carbocycles. The van der Waals surface area contributed by atoms with Crippen molar-refractivity contribution in [2.75, 3.05) is 14.2 Å². The Bertz CT molecular complexity index is 1620. The molecule has 37 heavy (non-hydrogen) atoms. The van der Waals surface area contributed by atoms with Crippen LogP contribution >= 0.6 is 0 Å². The van der Waals surface area contributed by atoms with Crippen molar-refractivity contribution < 1.29 is 33.6 Å². The largest absolute Gasteiger partial charge is 0.502 e. The topological polar surface area (TPSA) is 96.2 Å². The van der Waals surface area contributed by atoms with Gasteiger partial charge in [-0.25, -0.2) is 0 Å². The number of Topliss-reactive ketones (excluding diaryl/α,β-unsaturated/α-hetero) is 1. The van der Waals surface area contributed by atoms with E-state index in [4.69, 9.17) is 18.9 Å². The Labute approximate surface area is 212 Å². The van der Waals surface area contributed by atoms with E-state index in [0.29, 0.717) is 28.2 Å². The van der Waals surface area contributed by atoms with Crippen molar-refractivity contribution in [1.29, 1.82) is 0 Å². The van der Waals surface area contributed by atoms with E-state index < -0.39 is 11.9 Å². The molecular weight excluding hydrogens is 474 g/mol. The first kappa shape index (κ1) is 22.7. The van der Waals surface area contributed by atoms with Crippen molar-refractivity contribution in [2.45, 2.75) is 12.3 Å². The average Bonchev–Trinajstić information content (AvgIpc) is 3.39. The van der Waals surface area contributed by atoms with Crippen LogP contribution in [0.3, 0.4) is 0 Å². The summed E-state index contributed by atoms with van der Waals surface area (Å²) in [6.45, 7) is 0. The smallest absolute Gasteiger partial charge is 0.312 e. The van der Waals surface area contributed by atoms with E-state index in [0.717, 1.165) is 16.5 Å². The summed E-state index contributed by atoms with van der Waals surface area (Å²) in [5.74, 6) is -0.0378. The van der Waals surface area contributed by atoms with Gasteiger partial charge in [0.25, 0.3) is 0 Å². The molecule has 2 aliphatic rings. The molecule has 0 aliphatic carbocycles. The monoisotopic (exact) mass is 497 g/mol. The fraction of sp³-hybridized carbons (Fsp3) is 0.172. The van der Waals surface area contributed by atoms with Gasteiger partial charge < -0.3 is 28.6 Å². The predicted octanol–water partition coefficient (Wildman–Crippen LogP) is 4.96. The number of ketones is 1. The fourth-order valence-corrected chi connectivity index (χ4v) is 5.14. The molecule has 3 heterocycles. The molecule has 6 rings (SSSR count). The van der Waals surface area contributed by atoms with E-state index in [1.807, 2.05) is 42.1 Å². The summed E-state index contributed by atoms with van der Waals surface area (Å²) < 4.78 is 24.4. The number of allylic oxidation sites excluding steroid dienone is 1. The Morgan fingerprint density at radius 1 is 1.03 bits per heavy atom. The molecule has 186 valence electrons. The summed E-state index contributed by atoms with van der Waals surface area (Å²) in [4.78, 5) is 25.9. The van der Waals surface area contributed by atoms with Crippen molar-refractivity contribution in [1.82, 2.24) is 4.57 Å². The van der Waals surface area contributed by atoms with Gasteiger partial charge in [0.1, 0.15) is 11.5 Å². The molecule has 0 saturated carbocycles. The maximum atomic E-state index is 13.4. The van der Waals surface area contributed by atoms with Crippen LogP contribution in [0.5, 0.6) is 28.7 Å². The normalized spacial score (nSPS) is 17.4. The van der Waals surface area contributed by atoms with Crippen molar-refractivity contribution in [3.8, 4) is 28.7 Å². The lowest BCUT2D eigenvalue weighted by Crippen LogP contribution is -2.21. The second kappa shape index (κ2) is 8.44. The molecule has 1 atom stereocenters. The van der Waals surface area contributed by atoms with Crippen molar-refractivity contribution >= 4 is 28.7 Å². The summed E-state index contributed by atoms with van der Waals surface area (Å²) in [5, 5.41) is 11.4. The number of hydrogen-bond acceptors (Lipinski definition) is 7. The number of phenols is 1. The zero-order chi connectivity index (χ0) is 25.8. The zero-order valence-corrected chi connectivity index (χ0v) is 20.4. The van der Waals surface area contributed by atoms with Gasteiger partial charge in [0.2, 0.25) is 11.5 Å². The standard InChI is InChI=1S/C29H23NO7/c1-30-14-16(17-6-4-5-7-20(17)30)12-24-27(32)18-8-9-21-26(29(18)37-24)19(13-25(31)36-21)15-10-22(34-2)28(33)23(11-15)35-3/h4-12,14,19,33H,13H2,1-3H3/b24-12-. The molecule has 8 heteroatoms. The zero-order valence-electron chi connectivity index (χ0n) is 20.4. The lowest BCUT2D eigenvalue weighted by molar-refractivity contribution is -0.135. The van der Waals surface area contributed by atoms with Crippen molar-refractivity contribution in [3.63, 3.8) is 0 Å². The molecule has 2 aliphatic heterocycles. The lowest BCUT2D eigenvalue weighted by atomic mass is 9.84. The first-order chi connectivity index (χ1) is 17.9. The molecule has 1 aromatic heterocycles. The SMILES string of the molecule is COc1cc(C2CC(=O)Oc3ccc4c(c32)O/C(=C\c2cn(C)c3ccccc23)C4=O)cc(OC)c1O. The number of aryl methyl sites for hydroxylation is 1. The van der Waals surface area contributed by atoms with Gasteiger partial charge in [-0.05, 0) is 42.0 Å². The van der Waals surface area contributed by atoms with Crippen LogP contribution in [0.25, 0.3) is 17.0 Å². The number of carbonyl (C=O) groups is 2. The Hall–Kier alpha value is -4.72. The number of hydrogen-bond donors (Lipinski definition) is 1. The van der Waals surface area contributed by atoms with Crippen LogP contribution in [-0.2, 0) is 11.8 Å². The van der Waals surface area contributed by atoms with Gasteiger partial charge in [0.05, 0.1) is 26.2 Å². The van der Waals surface area contributed by atoms with Crippen LogP contribution in [0.2, 0.25) is 0 Å². The minimum absolute atomic E-state index is 0.0143. The minimum atomic E-state index is -0.515. The number of para-hydroxylation sites is 1. The molecule has 0 spiro atoms. The summed E-state index contributed by atoms with van der Waals surface area (Å²) in [5.41, 5.74) is 3.53. The van der Waals surface area contributed by atoms with Gasteiger partial charge in [-0.3, -0.25) is 9.59 Å². The highest BCUT2D eigenvalue weighted by Crippen LogP contribution is 2.51. The van der Waals surface area contributed by atoms with Gasteiger partial charge in [-0.15, -0.1) is 0 Å². The van der Waals surface area contributed by atoms with E-state index in [-0.39, 0.29) is 35.2 Å². The molecule has 1 unspecified atom stereocenters. The maximum absolute atomic E-state index is 13.4. The second-order valence-electron chi connectivity index (χ2n) is 9.01. The number of carbonyl (C=O) groups excluding carboxylic acids is 2. The highest BCUT2D eigenvalue weighted by Gasteiger charge is 2.39. The highest BCUT2D eigenvalue weighted by molar-refractivity contribution is 6.15. The van der Waals surface area contributed by atoms with Gasteiger partial charge >= 0.3 is 5.97 Å². The van der Waals surface area contributed by atoms with Crippen LogP contribution < -0.4 is 18.9 Å². The number of phenolic OH excluding ortho intramolecular Hbond substituents is 1. The van der Waals surface area contributed by atoms with Crippen LogP contribution in [0, 0.1) is 0 Å². The predicted molar refractivity (Wildman–Crippen MR) is 136 cm³/mol. The highest BCUT2D eigenvalue weighted by atomic mass is 16.5. The number of ether oxygens (including phenoxy) is 4. The van der Waals surface area contributed by atoms with E-state index in [1.165, 1.54) is 14.2 Å². The molecular formula is C29H23NO7. The minimum Gasteiger partial charge on any atom is -0.502 e. The number of aromatic nitrogens is 1. The van der Waals surface area contributed by atoms with Gasteiger partial charge in [0.15, 0.2) is 17.3 Å². The van der Waals surface area contributed by atoms with Crippen LogP contribution in [0.4, 0.5) is 0 Å². The summed E-state index contributed by atoms with van der Waals surface area (Å²) in [7, 11) is 4.82. The first-order valence-corrected chi connectivity index (χ1v) is 11.7. The molecule has 0 radical (unpaired) electrons. The van der Waals surface area contributed by atoms with Crippen LogP contribution in [-0.4, -0.2) is 35.6 Å². The molecule has 0 amide bonds. The summed E-state index contributed by atoms with van der Waals surface area (Å²) >= 11 is 0. The van der Waals surface area contributed by atoms with E-state index in [2.05, 4.69) is 0 Å². The van der Waals surface area contributed by atoms with Gasteiger partial charge in [-0.1, -0.05) is 18.2 Å². The van der Waals surface area contributed by atoms with Crippen molar-refractivity contribution in [3.05, 3.63) is 82.7 Å². The number of fused-ring (bicyclic) bond motifs is 4. The number of aromatic hydroxyl groups is 1. The molecule has 1 N–H and O–H groups in total. The Balaban J connectivity index is 1.48. The third-order valence-electron chi connectivity index (χ3n) is 6.90. The van der Waals surface area contributed by atoms with Crippen LogP contribution in [0.1, 0.15) is 39.4 Å². The molecule has 4 aromatic rings. The first-order valence-electron chi connectivity index (χ1n) is 11.7. The summed E-state index contributed by atoms with van der Waals surface area (Å²) in [6.07, 6.45) is 3.71.